The smallest absolute Gasteiger partial charge is 0.207 e. The zero-order valence-corrected chi connectivity index (χ0v) is 12.7. The Morgan fingerprint density at radius 2 is 1.96 bits per heavy atom. The van der Waals surface area contributed by atoms with Gasteiger partial charge in [0, 0.05) is 6.42 Å². The first-order valence-electron chi connectivity index (χ1n) is 7.24. The molecule has 0 aromatic carbocycles. The number of imidazole rings is 1. The van der Waals surface area contributed by atoms with E-state index in [1.165, 1.54) is 0 Å². The molecule has 1 unspecified atom stereocenters. The molecule has 1 saturated heterocycles. The maximum absolute atomic E-state index is 10.1. The topological polar surface area (TPSA) is 93.3 Å². The van der Waals surface area contributed by atoms with E-state index in [4.69, 9.17) is 4.74 Å². The van der Waals surface area contributed by atoms with Crippen molar-refractivity contribution in [3.05, 3.63) is 17.8 Å². The number of rotatable bonds is 1. The van der Waals surface area contributed by atoms with Crippen LogP contribution in [0.25, 0.3) is 11.2 Å². The van der Waals surface area contributed by atoms with Gasteiger partial charge >= 0.3 is 0 Å². The molecular weight excluding hydrogens is 308 g/mol. The molecule has 0 bridgehead atoms. The van der Waals surface area contributed by atoms with Crippen LogP contribution in [0.1, 0.15) is 52.9 Å². The average molecular weight is 334 g/mol. The Morgan fingerprint density at radius 3 is 2.54 bits per heavy atom. The first kappa shape index (κ1) is 20.0. The summed E-state index contributed by atoms with van der Waals surface area (Å²) in [4.78, 5) is 13.0. The number of hydrogen-bond donors (Lipinski definition) is 2. The van der Waals surface area contributed by atoms with Crippen LogP contribution in [0.4, 0.5) is 0 Å². The second-order valence-electron chi connectivity index (χ2n) is 5.32. The summed E-state index contributed by atoms with van der Waals surface area (Å²) >= 11 is 0. The highest BCUT2D eigenvalue weighted by molar-refractivity contribution is 5.73. The van der Waals surface area contributed by atoms with Crippen LogP contribution in [-0.2, 0) is 4.74 Å². The van der Waals surface area contributed by atoms with Crippen LogP contribution in [-0.4, -0.2) is 48.0 Å². The highest BCUT2D eigenvalue weighted by Crippen LogP contribution is 2.31. The van der Waals surface area contributed by atoms with Crippen LogP contribution in [0.5, 0.6) is 0 Å². The Morgan fingerprint density at radius 1 is 1.25 bits per heavy atom. The average Bonchev–Trinajstić information content (AvgIpc) is 3.02. The number of ether oxygens (including phenoxy) is 1. The summed E-state index contributed by atoms with van der Waals surface area (Å²) in [6.07, 6.45) is -0.899. The quantitative estimate of drug-likeness (QED) is 0.773. The van der Waals surface area contributed by atoms with Crippen LogP contribution in [0, 0.1) is 18.8 Å². The van der Waals surface area contributed by atoms with Crippen molar-refractivity contribution in [3.63, 3.8) is 0 Å². The lowest BCUT2D eigenvalue weighted by atomic mass is 10.1. The SMILES string of the molecule is C.C.CCC#Cc1nc(C)c2ncn([C@@H]3O[C@H](C)[C@H](O)C3O)c2n1. The summed E-state index contributed by atoms with van der Waals surface area (Å²) < 4.78 is 7.25. The monoisotopic (exact) mass is 334 g/mol. The number of aromatic nitrogens is 4. The highest BCUT2D eigenvalue weighted by atomic mass is 16.6. The van der Waals surface area contributed by atoms with E-state index >= 15 is 0 Å². The second kappa shape index (κ2) is 7.71. The molecule has 1 fully saturated rings. The molecule has 2 aromatic heterocycles. The van der Waals surface area contributed by atoms with Gasteiger partial charge in [0.05, 0.1) is 18.1 Å². The molecule has 3 rings (SSSR count). The normalized spacial score (nSPS) is 25.5. The van der Waals surface area contributed by atoms with E-state index in [9.17, 15) is 10.2 Å². The van der Waals surface area contributed by atoms with Crippen molar-refractivity contribution in [2.24, 2.45) is 0 Å². The van der Waals surface area contributed by atoms with Crippen molar-refractivity contribution in [1.29, 1.82) is 0 Å². The van der Waals surface area contributed by atoms with Crippen molar-refractivity contribution in [1.82, 2.24) is 19.5 Å². The van der Waals surface area contributed by atoms with Gasteiger partial charge in [-0.15, -0.1) is 0 Å². The number of aliphatic hydroxyl groups excluding tert-OH is 2. The van der Waals surface area contributed by atoms with E-state index < -0.39 is 24.5 Å². The number of hydrogen-bond acceptors (Lipinski definition) is 6. The molecule has 1 aliphatic heterocycles. The molecular formula is C17H26N4O3. The molecule has 7 nitrogen and oxygen atoms in total. The van der Waals surface area contributed by atoms with Gasteiger partial charge in [0.1, 0.15) is 17.7 Å². The van der Waals surface area contributed by atoms with E-state index in [2.05, 4.69) is 26.8 Å². The van der Waals surface area contributed by atoms with Crippen molar-refractivity contribution in [2.75, 3.05) is 0 Å². The Labute approximate surface area is 142 Å². The summed E-state index contributed by atoms with van der Waals surface area (Å²) in [7, 11) is 0. The highest BCUT2D eigenvalue weighted by Gasteiger charge is 2.42. The minimum Gasteiger partial charge on any atom is -0.388 e. The first-order chi connectivity index (χ1) is 10.5. The van der Waals surface area contributed by atoms with E-state index in [0.29, 0.717) is 29.1 Å². The molecule has 0 radical (unpaired) electrons. The summed E-state index contributed by atoms with van der Waals surface area (Å²) in [6, 6.07) is 0. The molecule has 24 heavy (non-hydrogen) atoms. The van der Waals surface area contributed by atoms with Gasteiger partial charge in [-0.3, -0.25) is 4.57 Å². The third kappa shape index (κ3) is 3.26. The minimum absolute atomic E-state index is 0. The lowest BCUT2D eigenvalue weighted by Gasteiger charge is -2.16. The van der Waals surface area contributed by atoms with Gasteiger partial charge in [0.15, 0.2) is 11.9 Å². The van der Waals surface area contributed by atoms with Crippen molar-refractivity contribution in [2.45, 2.75) is 66.6 Å². The van der Waals surface area contributed by atoms with Crippen molar-refractivity contribution >= 4 is 11.2 Å². The van der Waals surface area contributed by atoms with Crippen molar-refractivity contribution < 1.29 is 14.9 Å². The molecule has 2 N–H and O–H groups in total. The van der Waals surface area contributed by atoms with Crippen molar-refractivity contribution in [3.8, 4) is 11.8 Å². The van der Waals surface area contributed by atoms with Gasteiger partial charge in [-0.05, 0) is 19.8 Å². The van der Waals surface area contributed by atoms with Gasteiger partial charge in [0.2, 0.25) is 5.82 Å². The molecule has 0 spiro atoms. The zero-order valence-electron chi connectivity index (χ0n) is 12.7. The third-order valence-electron chi connectivity index (χ3n) is 3.72. The Kier molecular flexibility index (Phi) is 6.43. The molecule has 132 valence electrons. The maximum atomic E-state index is 10.1. The molecule has 0 saturated carbocycles. The molecule has 3 heterocycles. The maximum Gasteiger partial charge on any atom is 0.207 e. The molecule has 0 aliphatic carbocycles. The fourth-order valence-electron chi connectivity index (χ4n) is 2.52. The third-order valence-corrected chi connectivity index (χ3v) is 3.72. The standard InChI is InChI=1S/C15H18N4O3.2CH4/c1-4-5-6-10-17-8(2)11-14(18-10)19(7-16-11)15-13(21)12(20)9(3)22-15;;/h7,9,12-13,15,20-21H,4H2,1-3H3;2*1H4/t9-,12+,13?,15-;;/m1../s1. The van der Waals surface area contributed by atoms with Crippen LogP contribution in [0.15, 0.2) is 6.33 Å². The second-order valence-corrected chi connectivity index (χ2v) is 5.32. The van der Waals surface area contributed by atoms with Gasteiger partial charge < -0.3 is 14.9 Å². The van der Waals surface area contributed by atoms with Gasteiger partial charge in [-0.25, -0.2) is 15.0 Å². The van der Waals surface area contributed by atoms with E-state index in [-0.39, 0.29) is 14.9 Å². The van der Waals surface area contributed by atoms with E-state index in [0.717, 1.165) is 0 Å². The van der Waals surface area contributed by atoms with Crippen LogP contribution in [0.3, 0.4) is 0 Å². The molecule has 0 amide bonds. The van der Waals surface area contributed by atoms with Gasteiger partial charge in [-0.1, -0.05) is 27.7 Å². The largest absolute Gasteiger partial charge is 0.388 e. The number of aryl methyl sites for hydroxylation is 1. The Bertz CT molecular complexity index is 762. The molecule has 7 heteroatoms. The van der Waals surface area contributed by atoms with Crippen LogP contribution < -0.4 is 0 Å². The predicted octanol–water partition coefficient (Wildman–Crippen LogP) is 1.81. The Balaban J connectivity index is 0.00000144. The Hall–Kier alpha value is -2.01. The zero-order chi connectivity index (χ0) is 15.9. The summed E-state index contributed by atoms with van der Waals surface area (Å²) in [5.41, 5.74) is 1.88. The van der Waals surface area contributed by atoms with Gasteiger partial charge in [-0.2, -0.15) is 0 Å². The number of fused-ring (bicyclic) bond motifs is 1. The van der Waals surface area contributed by atoms with E-state index in [1.807, 2.05) is 13.8 Å². The molecule has 1 aliphatic rings. The minimum atomic E-state index is -1.03. The van der Waals surface area contributed by atoms with E-state index in [1.54, 1.807) is 17.8 Å². The van der Waals surface area contributed by atoms with Crippen LogP contribution >= 0.6 is 0 Å². The molecule has 2 aromatic rings. The summed E-state index contributed by atoms with van der Waals surface area (Å²) in [5, 5.41) is 20.0. The first-order valence-corrected chi connectivity index (χ1v) is 7.24. The summed E-state index contributed by atoms with van der Waals surface area (Å²) in [6.45, 7) is 5.50. The molecule has 4 atom stereocenters. The van der Waals surface area contributed by atoms with Gasteiger partial charge in [0.25, 0.3) is 0 Å². The number of aliphatic hydroxyl groups is 2. The predicted molar refractivity (Wildman–Crippen MR) is 92.3 cm³/mol. The lowest BCUT2D eigenvalue weighted by molar-refractivity contribution is -0.0299. The number of nitrogens with zero attached hydrogens (tertiary/aromatic N) is 4. The van der Waals surface area contributed by atoms with Crippen LogP contribution in [0.2, 0.25) is 0 Å². The fraction of sp³-hybridized carbons (Fsp3) is 0.588. The fourth-order valence-corrected chi connectivity index (χ4v) is 2.52. The lowest BCUT2D eigenvalue weighted by Crippen LogP contribution is -2.30. The summed E-state index contributed by atoms with van der Waals surface area (Å²) in [5.74, 6) is 6.24.